The summed E-state index contributed by atoms with van der Waals surface area (Å²) < 4.78 is 10.5. The van der Waals surface area contributed by atoms with Gasteiger partial charge in [-0.15, -0.1) is 0 Å². The normalized spacial score (nSPS) is 10.1. The zero-order valence-corrected chi connectivity index (χ0v) is 18.7. The first-order chi connectivity index (χ1) is 15.4. The number of anilines is 1. The van der Waals surface area contributed by atoms with Crippen LogP contribution in [0.4, 0.5) is 5.69 Å². The largest absolute Gasteiger partial charge is 0.490 e. The van der Waals surface area contributed by atoms with Crippen LogP contribution in [0.1, 0.15) is 40.5 Å². The number of hydrazine groups is 1. The highest BCUT2D eigenvalue weighted by molar-refractivity contribution is 7.80. The van der Waals surface area contributed by atoms with Gasteiger partial charge in [0.25, 0.3) is 11.8 Å². The molecule has 0 aromatic heterocycles. The van der Waals surface area contributed by atoms with Crippen LogP contribution in [0.15, 0.2) is 48.5 Å². The summed E-state index contributed by atoms with van der Waals surface area (Å²) in [6.45, 7) is 2.59. The Morgan fingerprint density at radius 1 is 0.938 bits per heavy atom. The predicted octanol–water partition coefficient (Wildman–Crippen LogP) is 2.40. The quantitative estimate of drug-likeness (QED) is 0.259. The van der Waals surface area contributed by atoms with Crippen LogP contribution in [0.2, 0.25) is 0 Å². The molecule has 10 heteroatoms. The van der Waals surface area contributed by atoms with Crippen molar-refractivity contribution in [3.8, 4) is 5.75 Å². The van der Waals surface area contributed by atoms with Crippen LogP contribution in [0.5, 0.6) is 5.75 Å². The number of methoxy groups -OCH3 is 1. The monoisotopic (exact) mass is 458 g/mol. The van der Waals surface area contributed by atoms with E-state index in [0.29, 0.717) is 42.2 Å². The van der Waals surface area contributed by atoms with Crippen LogP contribution in [0.3, 0.4) is 0 Å². The van der Waals surface area contributed by atoms with E-state index in [1.807, 2.05) is 6.92 Å². The maximum Gasteiger partial charge on any atom is 0.269 e. The minimum absolute atomic E-state index is 0.0847. The lowest BCUT2D eigenvalue weighted by molar-refractivity contribution is -0.116. The number of thiocarbonyl (C=S) groups is 1. The molecular formula is C22H26N4O5S. The first-order valence-corrected chi connectivity index (χ1v) is 10.4. The van der Waals surface area contributed by atoms with Gasteiger partial charge < -0.3 is 14.8 Å². The van der Waals surface area contributed by atoms with Gasteiger partial charge in [0.05, 0.1) is 12.2 Å². The van der Waals surface area contributed by atoms with Crippen LogP contribution >= 0.6 is 12.2 Å². The van der Waals surface area contributed by atoms with Crippen LogP contribution < -0.4 is 26.2 Å². The van der Waals surface area contributed by atoms with Crippen LogP contribution in [0.25, 0.3) is 0 Å². The van der Waals surface area contributed by atoms with Gasteiger partial charge in [-0.25, -0.2) is 0 Å². The molecule has 4 N–H and O–H groups in total. The van der Waals surface area contributed by atoms with Crippen molar-refractivity contribution in [1.82, 2.24) is 16.2 Å². The van der Waals surface area contributed by atoms with Gasteiger partial charge in [0.1, 0.15) is 12.4 Å². The number of amides is 3. The smallest absolute Gasteiger partial charge is 0.269 e. The molecule has 32 heavy (non-hydrogen) atoms. The number of hydrogen-bond acceptors (Lipinski definition) is 6. The molecule has 0 radical (unpaired) electrons. The zero-order valence-electron chi connectivity index (χ0n) is 17.9. The van der Waals surface area contributed by atoms with E-state index in [0.717, 1.165) is 6.42 Å². The summed E-state index contributed by atoms with van der Waals surface area (Å²) in [7, 11) is 1.56. The Bertz CT molecular complexity index is 950. The van der Waals surface area contributed by atoms with Gasteiger partial charge in [0, 0.05) is 24.8 Å². The Morgan fingerprint density at radius 2 is 1.66 bits per heavy atom. The second-order valence-corrected chi connectivity index (χ2v) is 6.98. The summed E-state index contributed by atoms with van der Waals surface area (Å²) in [6, 6.07) is 13.1. The third-order valence-electron chi connectivity index (χ3n) is 4.10. The fourth-order valence-corrected chi connectivity index (χ4v) is 2.70. The molecule has 0 saturated carbocycles. The molecular weight excluding hydrogens is 432 g/mol. The lowest BCUT2D eigenvalue weighted by atomic mass is 10.2. The van der Waals surface area contributed by atoms with Gasteiger partial charge in [-0.3, -0.25) is 30.6 Å². The molecule has 2 rings (SSSR count). The molecule has 0 bridgehead atoms. The van der Waals surface area contributed by atoms with Gasteiger partial charge in [-0.2, -0.15) is 0 Å². The van der Waals surface area contributed by atoms with E-state index in [4.69, 9.17) is 21.7 Å². The molecule has 0 aliphatic rings. The van der Waals surface area contributed by atoms with Gasteiger partial charge in [0.15, 0.2) is 5.11 Å². The molecule has 2 aromatic rings. The summed E-state index contributed by atoms with van der Waals surface area (Å²) >= 11 is 5.08. The molecule has 0 aliphatic heterocycles. The van der Waals surface area contributed by atoms with Gasteiger partial charge in [-0.05, 0) is 55.0 Å². The molecule has 9 nitrogen and oxygen atoms in total. The molecule has 0 aliphatic carbocycles. The number of para-hydroxylation sites is 1. The van der Waals surface area contributed by atoms with E-state index in [-0.39, 0.29) is 11.0 Å². The van der Waals surface area contributed by atoms with Crippen LogP contribution in [-0.2, 0) is 9.53 Å². The number of nitrogens with one attached hydrogen (secondary N) is 4. The molecule has 0 saturated heterocycles. The molecule has 0 spiro atoms. The van der Waals surface area contributed by atoms with Crippen molar-refractivity contribution in [3.05, 3.63) is 59.7 Å². The number of carbonyl (C=O) groups excluding carboxylic acids is 3. The summed E-state index contributed by atoms with van der Waals surface area (Å²) in [5.74, 6) is -0.647. The Labute approximate surface area is 191 Å². The minimum Gasteiger partial charge on any atom is -0.490 e. The van der Waals surface area contributed by atoms with E-state index in [1.165, 1.54) is 0 Å². The van der Waals surface area contributed by atoms with Gasteiger partial charge in [-0.1, -0.05) is 19.1 Å². The molecule has 170 valence electrons. The molecule has 0 unspecified atom stereocenters. The van der Waals surface area contributed by atoms with Crippen molar-refractivity contribution < 1.29 is 23.9 Å². The van der Waals surface area contributed by atoms with E-state index < -0.39 is 11.8 Å². The highest BCUT2D eigenvalue weighted by Gasteiger charge is 2.14. The fraction of sp³-hybridized carbons (Fsp3) is 0.273. The van der Waals surface area contributed by atoms with Crippen molar-refractivity contribution in [3.63, 3.8) is 0 Å². The lowest BCUT2D eigenvalue weighted by Gasteiger charge is -2.13. The van der Waals surface area contributed by atoms with E-state index in [2.05, 4.69) is 21.5 Å². The maximum atomic E-state index is 12.5. The summed E-state index contributed by atoms with van der Waals surface area (Å²) in [5, 5.41) is 5.14. The number of benzene rings is 2. The van der Waals surface area contributed by atoms with E-state index in [1.54, 1.807) is 55.6 Å². The van der Waals surface area contributed by atoms with Crippen molar-refractivity contribution in [1.29, 1.82) is 0 Å². The number of hydrogen-bond donors (Lipinski definition) is 4. The average Bonchev–Trinajstić information content (AvgIpc) is 2.78. The minimum atomic E-state index is -0.489. The van der Waals surface area contributed by atoms with Crippen molar-refractivity contribution in [2.75, 3.05) is 25.6 Å². The fourth-order valence-electron chi connectivity index (χ4n) is 2.56. The maximum absolute atomic E-state index is 12.5. The van der Waals surface area contributed by atoms with E-state index >= 15 is 0 Å². The molecule has 0 fully saturated rings. The van der Waals surface area contributed by atoms with Crippen LogP contribution in [0, 0.1) is 0 Å². The second-order valence-electron chi connectivity index (χ2n) is 6.58. The summed E-state index contributed by atoms with van der Waals surface area (Å²) in [6.07, 6.45) is 1.18. The van der Waals surface area contributed by atoms with Crippen molar-refractivity contribution in [2.24, 2.45) is 0 Å². The Kier molecular flexibility index (Phi) is 10.1. The molecule has 3 amide bonds. The SMILES string of the molecule is CCCC(=O)Nc1ccc(C(=O)NNC(=S)NC(=O)c2ccccc2OCCOC)cc1. The van der Waals surface area contributed by atoms with Gasteiger partial charge in [0.2, 0.25) is 5.91 Å². The van der Waals surface area contributed by atoms with Crippen LogP contribution in [-0.4, -0.2) is 43.2 Å². The summed E-state index contributed by atoms with van der Waals surface area (Å²) in [5.41, 5.74) is 6.13. The van der Waals surface area contributed by atoms with Gasteiger partial charge >= 0.3 is 0 Å². The highest BCUT2D eigenvalue weighted by atomic mass is 32.1. The number of carbonyl (C=O) groups is 3. The first kappa shape index (κ1) is 24.8. The molecule has 0 atom stereocenters. The zero-order chi connectivity index (χ0) is 23.3. The topological polar surface area (TPSA) is 118 Å². The molecule has 0 heterocycles. The second kappa shape index (κ2) is 13.0. The first-order valence-electron chi connectivity index (χ1n) is 9.97. The Hall–Kier alpha value is -3.50. The average molecular weight is 459 g/mol. The summed E-state index contributed by atoms with van der Waals surface area (Å²) in [4.78, 5) is 36.4. The van der Waals surface area contributed by atoms with Crippen molar-refractivity contribution >= 4 is 40.7 Å². The third kappa shape index (κ3) is 7.97. The number of rotatable bonds is 9. The predicted molar refractivity (Wildman–Crippen MR) is 124 cm³/mol. The Balaban J connectivity index is 1.85. The third-order valence-corrected chi connectivity index (χ3v) is 4.31. The standard InChI is InChI=1S/C22H26N4O5S/c1-3-6-19(27)23-16-11-9-15(10-12-16)20(28)25-26-22(32)24-21(29)17-7-4-5-8-18(17)31-14-13-30-2/h4-5,7-12H,3,6,13-14H2,1-2H3,(H,23,27)(H,25,28)(H2,24,26,29,32). The highest BCUT2D eigenvalue weighted by Crippen LogP contribution is 2.17. The lowest BCUT2D eigenvalue weighted by Crippen LogP contribution is -2.48. The number of ether oxygens (including phenoxy) is 2. The molecule has 2 aromatic carbocycles. The van der Waals surface area contributed by atoms with Crippen molar-refractivity contribution in [2.45, 2.75) is 19.8 Å². The Morgan fingerprint density at radius 3 is 2.34 bits per heavy atom. The van der Waals surface area contributed by atoms with E-state index in [9.17, 15) is 14.4 Å².